The molecule has 1 saturated heterocycles. The molecule has 4 rings (SSSR count). The van der Waals surface area contributed by atoms with Gasteiger partial charge in [0, 0.05) is 36.7 Å². The lowest BCUT2D eigenvalue weighted by Crippen LogP contribution is -2.36. The van der Waals surface area contributed by atoms with E-state index in [1.807, 2.05) is 12.1 Å². The molecule has 2 aromatic heterocycles. The molecule has 0 saturated carbocycles. The van der Waals surface area contributed by atoms with E-state index in [-0.39, 0.29) is 5.95 Å². The Morgan fingerprint density at radius 2 is 1.85 bits per heavy atom. The van der Waals surface area contributed by atoms with Gasteiger partial charge in [-0.25, -0.2) is 4.98 Å². The lowest BCUT2D eigenvalue weighted by atomic mass is 10.2. The summed E-state index contributed by atoms with van der Waals surface area (Å²) in [7, 11) is 0. The van der Waals surface area contributed by atoms with E-state index in [1.165, 1.54) is 10.4 Å². The number of nitrogens with zero attached hydrogens (tertiary/aromatic N) is 5. The van der Waals surface area contributed by atoms with E-state index in [0.29, 0.717) is 16.8 Å². The van der Waals surface area contributed by atoms with Gasteiger partial charge in [0.2, 0.25) is 11.9 Å². The van der Waals surface area contributed by atoms with Gasteiger partial charge in [0.25, 0.3) is 0 Å². The highest BCUT2D eigenvalue weighted by Crippen LogP contribution is 2.22. The minimum absolute atomic E-state index is 0.264. The molecule has 0 aliphatic carbocycles. The number of rotatable bonds is 4. The third-order valence-corrected chi connectivity index (χ3v) is 4.29. The van der Waals surface area contributed by atoms with Gasteiger partial charge in [-0.05, 0) is 30.3 Å². The lowest BCUT2D eigenvalue weighted by molar-refractivity contribution is 0.122. The molecular weight excluding hydrogens is 354 g/mol. The normalized spacial score (nSPS) is 14.4. The standard InChI is InChI=1S/C17H18ClN7O/c18-15-11-14(5-6-20-15)25-16(19)22-17(23-25)21-12-1-3-13(4-2-12)24-7-9-26-10-8-24/h1-6,11H,7-10H2,(H3,19,21,22,23). The smallest absolute Gasteiger partial charge is 0.248 e. The Labute approximate surface area is 155 Å². The van der Waals surface area contributed by atoms with Gasteiger partial charge in [-0.2, -0.15) is 9.67 Å². The average Bonchev–Trinajstić information content (AvgIpc) is 3.03. The van der Waals surface area contributed by atoms with Crippen LogP contribution in [0.3, 0.4) is 0 Å². The molecule has 3 heterocycles. The molecule has 1 aromatic carbocycles. The average molecular weight is 372 g/mol. The maximum absolute atomic E-state index is 5.97. The van der Waals surface area contributed by atoms with E-state index in [2.05, 4.69) is 37.4 Å². The van der Waals surface area contributed by atoms with Crippen molar-refractivity contribution >= 4 is 34.9 Å². The molecule has 134 valence electrons. The summed E-state index contributed by atoms with van der Waals surface area (Å²) >= 11 is 5.92. The number of nitrogens with one attached hydrogen (secondary N) is 1. The molecule has 3 N–H and O–H groups in total. The van der Waals surface area contributed by atoms with Crippen molar-refractivity contribution in [1.29, 1.82) is 0 Å². The van der Waals surface area contributed by atoms with Crippen molar-refractivity contribution in [3.8, 4) is 5.69 Å². The molecule has 0 bridgehead atoms. The minimum Gasteiger partial charge on any atom is -0.378 e. The lowest BCUT2D eigenvalue weighted by Gasteiger charge is -2.28. The van der Waals surface area contributed by atoms with Crippen LogP contribution in [0.15, 0.2) is 42.6 Å². The molecule has 0 atom stereocenters. The van der Waals surface area contributed by atoms with Crippen LogP contribution in [0.25, 0.3) is 5.69 Å². The first-order chi connectivity index (χ1) is 12.7. The molecular formula is C17H18ClN7O. The molecule has 1 aliphatic heterocycles. The summed E-state index contributed by atoms with van der Waals surface area (Å²) in [5, 5.41) is 7.92. The van der Waals surface area contributed by atoms with Crippen LogP contribution in [0.5, 0.6) is 0 Å². The van der Waals surface area contributed by atoms with E-state index >= 15 is 0 Å². The highest BCUT2D eigenvalue weighted by Gasteiger charge is 2.12. The number of nitrogens with two attached hydrogens (primary N) is 1. The summed E-state index contributed by atoms with van der Waals surface area (Å²) in [6.45, 7) is 3.34. The van der Waals surface area contributed by atoms with Crippen LogP contribution in [0, 0.1) is 0 Å². The van der Waals surface area contributed by atoms with Gasteiger partial charge in [0.05, 0.1) is 18.9 Å². The number of hydrogen-bond acceptors (Lipinski definition) is 7. The minimum atomic E-state index is 0.264. The Balaban J connectivity index is 1.50. The second-order valence-electron chi connectivity index (χ2n) is 5.81. The Bertz CT molecular complexity index is 890. The fourth-order valence-electron chi connectivity index (χ4n) is 2.80. The van der Waals surface area contributed by atoms with Gasteiger partial charge in [0.1, 0.15) is 5.15 Å². The topological polar surface area (TPSA) is 94.1 Å². The Kier molecular flexibility index (Phi) is 4.59. The summed E-state index contributed by atoms with van der Waals surface area (Å²) in [5.74, 6) is 0.675. The molecule has 0 spiro atoms. The van der Waals surface area contributed by atoms with Gasteiger partial charge in [-0.1, -0.05) is 11.6 Å². The highest BCUT2D eigenvalue weighted by molar-refractivity contribution is 6.29. The number of aromatic nitrogens is 4. The maximum atomic E-state index is 5.97. The SMILES string of the molecule is Nc1nc(Nc2ccc(N3CCOCC3)cc2)nn1-c1ccnc(Cl)c1. The Morgan fingerprint density at radius 1 is 1.08 bits per heavy atom. The molecule has 1 aliphatic rings. The van der Waals surface area contributed by atoms with Gasteiger partial charge >= 0.3 is 0 Å². The summed E-state index contributed by atoms with van der Waals surface area (Å²) in [6.07, 6.45) is 1.59. The number of pyridine rings is 1. The summed E-state index contributed by atoms with van der Waals surface area (Å²) < 4.78 is 6.90. The van der Waals surface area contributed by atoms with Gasteiger partial charge in [-0.15, -0.1) is 5.10 Å². The first kappa shape index (κ1) is 16.6. The van der Waals surface area contributed by atoms with Crippen LogP contribution in [0.4, 0.5) is 23.3 Å². The number of nitrogen functional groups attached to an aromatic ring is 1. The molecule has 8 nitrogen and oxygen atoms in total. The Hall–Kier alpha value is -2.84. The Morgan fingerprint density at radius 3 is 2.58 bits per heavy atom. The van der Waals surface area contributed by atoms with Crippen molar-refractivity contribution in [2.75, 3.05) is 42.3 Å². The fourth-order valence-corrected chi connectivity index (χ4v) is 2.97. The van der Waals surface area contributed by atoms with Crippen molar-refractivity contribution in [3.05, 3.63) is 47.7 Å². The monoisotopic (exact) mass is 371 g/mol. The zero-order valence-electron chi connectivity index (χ0n) is 14.0. The van der Waals surface area contributed by atoms with Crippen LogP contribution in [0.2, 0.25) is 5.15 Å². The van der Waals surface area contributed by atoms with Crippen LogP contribution >= 0.6 is 11.6 Å². The number of hydrogen-bond donors (Lipinski definition) is 2. The van der Waals surface area contributed by atoms with E-state index in [1.54, 1.807) is 18.3 Å². The third kappa shape index (κ3) is 3.56. The number of anilines is 4. The highest BCUT2D eigenvalue weighted by atomic mass is 35.5. The van der Waals surface area contributed by atoms with Crippen molar-refractivity contribution in [2.45, 2.75) is 0 Å². The van der Waals surface area contributed by atoms with Crippen molar-refractivity contribution in [1.82, 2.24) is 19.7 Å². The first-order valence-electron chi connectivity index (χ1n) is 8.23. The zero-order valence-corrected chi connectivity index (χ0v) is 14.7. The summed E-state index contributed by atoms with van der Waals surface area (Å²) in [6, 6.07) is 11.6. The predicted molar refractivity (Wildman–Crippen MR) is 101 cm³/mol. The zero-order chi connectivity index (χ0) is 17.9. The van der Waals surface area contributed by atoms with Gasteiger partial charge in [0.15, 0.2) is 0 Å². The van der Waals surface area contributed by atoms with Gasteiger partial charge in [-0.3, -0.25) is 0 Å². The molecule has 9 heteroatoms. The largest absolute Gasteiger partial charge is 0.378 e. The van der Waals surface area contributed by atoms with Crippen LogP contribution in [-0.4, -0.2) is 46.1 Å². The molecule has 0 radical (unpaired) electrons. The van der Waals surface area contributed by atoms with Crippen LogP contribution in [-0.2, 0) is 4.74 Å². The number of morpholine rings is 1. The van der Waals surface area contributed by atoms with E-state index < -0.39 is 0 Å². The second kappa shape index (κ2) is 7.19. The van der Waals surface area contributed by atoms with Crippen LogP contribution in [0.1, 0.15) is 0 Å². The number of benzene rings is 1. The number of ether oxygens (including phenoxy) is 1. The molecule has 26 heavy (non-hydrogen) atoms. The number of halogens is 1. The molecule has 3 aromatic rings. The summed E-state index contributed by atoms with van der Waals surface area (Å²) in [4.78, 5) is 10.5. The first-order valence-corrected chi connectivity index (χ1v) is 8.61. The predicted octanol–water partition coefficient (Wildman–Crippen LogP) is 2.48. The maximum Gasteiger partial charge on any atom is 0.248 e. The van der Waals surface area contributed by atoms with Gasteiger partial charge < -0.3 is 20.7 Å². The molecule has 0 amide bonds. The third-order valence-electron chi connectivity index (χ3n) is 4.09. The molecule has 1 fully saturated rings. The van der Waals surface area contributed by atoms with E-state index in [4.69, 9.17) is 22.1 Å². The second-order valence-corrected chi connectivity index (χ2v) is 6.20. The van der Waals surface area contributed by atoms with Crippen molar-refractivity contribution < 1.29 is 4.74 Å². The quantitative estimate of drug-likeness (QED) is 0.680. The van der Waals surface area contributed by atoms with Crippen molar-refractivity contribution in [2.24, 2.45) is 0 Å². The van der Waals surface area contributed by atoms with E-state index in [9.17, 15) is 0 Å². The van der Waals surface area contributed by atoms with E-state index in [0.717, 1.165) is 32.0 Å². The summed E-state index contributed by atoms with van der Waals surface area (Å²) in [5.41, 5.74) is 8.72. The van der Waals surface area contributed by atoms with Crippen molar-refractivity contribution in [3.63, 3.8) is 0 Å². The van der Waals surface area contributed by atoms with Crippen LogP contribution < -0.4 is 16.0 Å². The fraction of sp³-hybridized carbons (Fsp3) is 0.235. The molecule has 0 unspecified atom stereocenters.